The molecule has 1 aromatic rings. The van der Waals surface area contributed by atoms with Crippen LogP contribution < -0.4 is 5.73 Å². The highest BCUT2D eigenvalue weighted by atomic mass is 16.3. The lowest BCUT2D eigenvalue weighted by molar-refractivity contribution is 0.209. The minimum atomic E-state index is -0.842. The van der Waals surface area contributed by atoms with Crippen LogP contribution in [-0.2, 0) is 5.54 Å². The molecular weight excluding hydrogens is 156 g/mol. The van der Waals surface area contributed by atoms with Gasteiger partial charge >= 0.3 is 0 Å². The van der Waals surface area contributed by atoms with Gasteiger partial charge in [-0.3, -0.25) is 4.98 Å². The van der Waals surface area contributed by atoms with E-state index in [4.69, 9.17) is 15.9 Å². The normalized spacial score (nSPS) is 15.6. The van der Waals surface area contributed by atoms with Gasteiger partial charge in [0, 0.05) is 6.20 Å². The molecule has 0 aliphatic rings. The molecule has 0 fully saturated rings. The van der Waals surface area contributed by atoms with Crippen LogP contribution in [-0.4, -0.2) is 21.8 Å². The largest absolute Gasteiger partial charge is 0.506 e. The van der Waals surface area contributed by atoms with Crippen molar-refractivity contribution < 1.29 is 10.2 Å². The summed E-state index contributed by atoms with van der Waals surface area (Å²) in [6.45, 7) is 1.49. The summed E-state index contributed by atoms with van der Waals surface area (Å²) in [4.78, 5) is 3.76. The number of aliphatic hydroxyl groups is 1. The first-order valence-electron chi connectivity index (χ1n) is 3.60. The van der Waals surface area contributed by atoms with E-state index in [1.165, 1.54) is 18.5 Å². The van der Waals surface area contributed by atoms with Crippen LogP contribution in [0.4, 0.5) is 0 Å². The third-order valence-electron chi connectivity index (χ3n) is 1.71. The summed E-state index contributed by atoms with van der Waals surface area (Å²) < 4.78 is 0. The van der Waals surface area contributed by atoms with Crippen LogP contribution >= 0.6 is 0 Å². The van der Waals surface area contributed by atoms with Crippen molar-refractivity contribution in [2.45, 2.75) is 12.5 Å². The summed E-state index contributed by atoms with van der Waals surface area (Å²) in [5, 5.41) is 18.0. The summed E-state index contributed by atoms with van der Waals surface area (Å²) in [6.07, 6.45) is 2.84. The van der Waals surface area contributed by atoms with E-state index in [-0.39, 0.29) is 12.4 Å². The van der Waals surface area contributed by atoms with Gasteiger partial charge in [0.2, 0.25) is 0 Å². The molecule has 4 N–H and O–H groups in total. The van der Waals surface area contributed by atoms with Crippen LogP contribution in [0.25, 0.3) is 0 Å². The SMILES string of the molecule is CC(N)(CO)c1cncc(O)c1. The number of nitrogens with two attached hydrogens (primary N) is 1. The summed E-state index contributed by atoms with van der Waals surface area (Å²) in [7, 11) is 0. The molecule has 0 aliphatic carbocycles. The molecule has 0 aliphatic heterocycles. The average molecular weight is 168 g/mol. The van der Waals surface area contributed by atoms with Crippen molar-refractivity contribution in [2.75, 3.05) is 6.61 Å². The maximum Gasteiger partial charge on any atom is 0.134 e. The molecule has 0 saturated carbocycles. The van der Waals surface area contributed by atoms with Crippen molar-refractivity contribution in [1.29, 1.82) is 0 Å². The van der Waals surface area contributed by atoms with E-state index in [2.05, 4.69) is 4.98 Å². The van der Waals surface area contributed by atoms with Gasteiger partial charge in [-0.1, -0.05) is 0 Å². The van der Waals surface area contributed by atoms with Crippen LogP contribution in [0, 0.1) is 0 Å². The zero-order valence-electron chi connectivity index (χ0n) is 6.86. The van der Waals surface area contributed by atoms with Gasteiger partial charge in [-0.2, -0.15) is 0 Å². The van der Waals surface area contributed by atoms with Gasteiger partial charge in [-0.05, 0) is 18.6 Å². The number of nitrogens with zero attached hydrogens (tertiary/aromatic N) is 1. The van der Waals surface area contributed by atoms with Gasteiger partial charge in [0.1, 0.15) is 5.75 Å². The fourth-order valence-electron chi connectivity index (χ4n) is 0.831. The van der Waals surface area contributed by atoms with Crippen molar-refractivity contribution in [1.82, 2.24) is 4.98 Å². The topological polar surface area (TPSA) is 79.4 Å². The Morgan fingerprint density at radius 3 is 2.75 bits per heavy atom. The Bertz CT molecular complexity index is 274. The van der Waals surface area contributed by atoms with E-state index in [1.54, 1.807) is 6.92 Å². The second kappa shape index (κ2) is 3.08. The third kappa shape index (κ3) is 1.72. The number of rotatable bonds is 2. The van der Waals surface area contributed by atoms with Crippen molar-refractivity contribution in [3.63, 3.8) is 0 Å². The Morgan fingerprint density at radius 2 is 2.25 bits per heavy atom. The average Bonchev–Trinajstić information content (AvgIpc) is 2.05. The molecule has 1 heterocycles. The molecule has 0 bridgehead atoms. The zero-order chi connectivity index (χ0) is 9.19. The first kappa shape index (κ1) is 8.96. The van der Waals surface area contributed by atoms with Gasteiger partial charge in [0.05, 0.1) is 18.3 Å². The first-order valence-corrected chi connectivity index (χ1v) is 3.60. The van der Waals surface area contributed by atoms with Crippen molar-refractivity contribution >= 4 is 0 Å². The summed E-state index contributed by atoms with van der Waals surface area (Å²) in [5.41, 5.74) is 5.48. The van der Waals surface area contributed by atoms with Gasteiger partial charge in [-0.25, -0.2) is 0 Å². The molecule has 1 aromatic heterocycles. The second-order valence-electron chi connectivity index (χ2n) is 3.01. The standard InChI is InChI=1S/C8H12N2O2/c1-8(9,5-11)6-2-7(12)4-10-3-6/h2-4,11-12H,5,9H2,1H3. The van der Waals surface area contributed by atoms with Gasteiger partial charge in [-0.15, -0.1) is 0 Å². The smallest absolute Gasteiger partial charge is 0.134 e. The number of aromatic nitrogens is 1. The Morgan fingerprint density at radius 1 is 1.58 bits per heavy atom. The van der Waals surface area contributed by atoms with E-state index < -0.39 is 5.54 Å². The molecular formula is C8H12N2O2. The number of aromatic hydroxyl groups is 1. The van der Waals surface area contributed by atoms with Crippen LogP contribution in [0.3, 0.4) is 0 Å². The molecule has 4 nitrogen and oxygen atoms in total. The minimum absolute atomic E-state index is 0.0534. The van der Waals surface area contributed by atoms with Crippen LogP contribution in [0.5, 0.6) is 5.75 Å². The summed E-state index contributed by atoms with van der Waals surface area (Å²) in [6, 6.07) is 1.49. The van der Waals surface area contributed by atoms with Crippen LogP contribution in [0.2, 0.25) is 0 Å². The van der Waals surface area contributed by atoms with Gasteiger partial charge in [0.25, 0.3) is 0 Å². The lowest BCUT2D eigenvalue weighted by Gasteiger charge is -2.21. The quantitative estimate of drug-likeness (QED) is 0.578. The van der Waals surface area contributed by atoms with E-state index in [0.717, 1.165) is 0 Å². The van der Waals surface area contributed by atoms with Crippen molar-refractivity contribution in [3.05, 3.63) is 24.0 Å². The molecule has 12 heavy (non-hydrogen) atoms. The molecule has 0 aromatic carbocycles. The highest BCUT2D eigenvalue weighted by Gasteiger charge is 2.20. The maximum atomic E-state index is 9.07. The number of hydrogen-bond acceptors (Lipinski definition) is 4. The number of hydrogen-bond donors (Lipinski definition) is 3. The predicted molar refractivity (Wildman–Crippen MR) is 44.5 cm³/mol. The van der Waals surface area contributed by atoms with Crippen LogP contribution in [0.1, 0.15) is 12.5 Å². The second-order valence-corrected chi connectivity index (χ2v) is 3.01. The maximum absolute atomic E-state index is 9.07. The molecule has 0 saturated heterocycles. The van der Waals surface area contributed by atoms with E-state index in [0.29, 0.717) is 5.56 Å². The van der Waals surface area contributed by atoms with Crippen molar-refractivity contribution in [2.24, 2.45) is 5.73 Å². The predicted octanol–water partition coefficient (Wildman–Crippen LogP) is -0.0466. The lowest BCUT2D eigenvalue weighted by atomic mass is 9.96. The summed E-state index contributed by atoms with van der Waals surface area (Å²) >= 11 is 0. The molecule has 1 unspecified atom stereocenters. The van der Waals surface area contributed by atoms with Crippen LogP contribution in [0.15, 0.2) is 18.5 Å². The van der Waals surface area contributed by atoms with Crippen molar-refractivity contribution in [3.8, 4) is 5.75 Å². The highest BCUT2D eigenvalue weighted by molar-refractivity contribution is 5.27. The fraction of sp³-hybridized carbons (Fsp3) is 0.375. The molecule has 0 radical (unpaired) electrons. The first-order chi connectivity index (χ1) is 5.56. The monoisotopic (exact) mass is 168 g/mol. The van der Waals surface area contributed by atoms with Gasteiger partial charge < -0.3 is 15.9 Å². The molecule has 66 valence electrons. The Labute approximate surface area is 70.7 Å². The Hall–Kier alpha value is -1.13. The Balaban J connectivity index is 3.03. The van der Waals surface area contributed by atoms with E-state index in [1.807, 2.05) is 0 Å². The Kier molecular flexibility index (Phi) is 2.30. The molecule has 1 atom stereocenters. The zero-order valence-corrected chi connectivity index (χ0v) is 6.86. The van der Waals surface area contributed by atoms with Gasteiger partial charge in [0.15, 0.2) is 0 Å². The highest BCUT2D eigenvalue weighted by Crippen LogP contribution is 2.19. The fourth-order valence-corrected chi connectivity index (χ4v) is 0.831. The minimum Gasteiger partial charge on any atom is -0.506 e. The molecule has 1 rings (SSSR count). The lowest BCUT2D eigenvalue weighted by Crippen LogP contribution is -2.36. The molecule has 0 amide bonds. The summed E-state index contributed by atoms with van der Waals surface area (Å²) in [5.74, 6) is 0.0534. The number of pyridine rings is 1. The van der Waals surface area contributed by atoms with E-state index >= 15 is 0 Å². The number of aliphatic hydroxyl groups excluding tert-OH is 1. The molecule has 4 heteroatoms. The molecule has 0 spiro atoms. The van der Waals surface area contributed by atoms with E-state index in [9.17, 15) is 0 Å². The third-order valence-corrected chi connectivity index (χ3v) is 1.71.